The third kappa shape index (κ3) is 3.08. The Hall–Kier alpha value is -1.88. The van der Waals surface area contributed by atoms with E-state index in [1.807, 2.05) is 12.1 Å². The summed E-state index contributed by atoms with van der Waals surface area (Å²) in [5, 5.41) is 0. The fraction of sp³-hybridized carbons (Fsp3) is 0.400. The lowest BCUT2D eigenvalue weighted by Gasteiger charge is -2.35. The minimum atomic E-state index is 0.382. The van der Waals surface area contributed by atoms with E-state index in [9.17, 15) is 0 Å². The molecule has 3 rings (SSSR count). The van der Waals surface area contributed by atoms with E-state index in [1.54, 1.807) is 13.4 Å². The number of nitrogens with zero attached hydrogens (tertiary/aromatic N) is 3. The first kappa shape index (κ1) is 14.1. The lowest BCUT2D eigenvalue weighted by atomic mass is 10.2. The minimum absolute atomic E-state index is 0.382. The molecular weight excluding hydrogens is 290 g/mol. The summed E-state index contributed by atoms with van der Waals surface area (Å²) in [6.07, 6.45) is 1.62. The van der Waals surface area contributed by atoms with Crippen LogP contribution < -0.4 is 14.5 Å². The molecule has 21 heavy (non-hydrogen) atoms. The van der Waals surface area contributed by atoms with Crippen molar-refractivity contribution in [3.05, 3.63) is 36.2 Å². The van der Waals surface area contributed by atoms with Gasteiger partial charge in [0.1, 0.15) is 12.0 Å². The Balaban J connectivity index is 1.64. The Bertz CT molecular complexity index is 594. The van der Waals surface area contributed by atoms with Crippen LogP contribution in [0.3, 0.4) is 0 Å². The SMILES string of the molecule is COc1cccc(N2CCN(c3nc(CCl)co3)CC2)c1. The summed E-state index contributed by atoms with van der Waals surface area (Å²) < 4.78 is 10.7. The summed E-state index contributed by atoms with van der Waals surface area (Å²) in [6, 6.07) is 8.80. The van der Waals surface area contributed by atoms with E-state index in [1.165, 1.54) is 5.69 Å². The third-order valence-electron chi connectivity index (χ3n) is 3.65. The lowest BCUT2D eigenvalue weighted by molar-refractivity contribution is 0.414. The molecular formula is C15H18ClN3O2. The maximum Gasteiger partial charge on any atom is 0.297 e. The molecule has 1 aromatic carbocycles. The van der Waals surface area contributed by atoms with Crippen molar-refractivity contribution in [1.29, 1.82) is 0 Å². The van der Waals surface area contributed by atoms with Crippen molar-refractivity contribution >= 4 is 23.3 Å². The fourth-order valence-corrected chi connectivity index (χ4v) is 2.59. The molecule has 1 aliphatic heterocycles. The highest BCUT2D eigenvalue weighted by atomic mass is 35.5. The number of anilines is 2. The third-order valence-corrected chi connectivity index (χ3v) is 3.92. The van der Waals surface area contributed by atoms with Crippen molar-refractivity contribution in [2.24, 2.45) is 0 Å². The summed E-state index contributed by atoms with van der Waals surface area (Å²) in [4.78, 5) is 8.85. The number of hydrogen-bond acceptors (Lipinski definition) is 5. The van der Waals surface area contributed by atoms with Gasteiger partial charge in [-0.2, -0.15) is 4.98 Å². The van der Waals surface area contributed by atoms with E-state index in [0.29, 0.717) is 11.9 Å². The molecule has 0 aliphatic carbocycles. The molecule has 1 saturated heterocycles. The van der Waals surface area contributed by atoms with Gasteiger partial charge in [-0.25, -0.2) is 0 Å². The smallest absolute Gasteiger partial charge is 0.297 e. The Labute approximate surface area is 129 Å². The molecule has 1 fully saturated rings. The van der Waals surface area contributed by atoms with Crippen molar-refractivity contribution in [3.63, 3.8) is 0 Å². The molecule has 0 saturated carbocycles. The summed E-state index contributed by atoms with van der Waals surface area (Å²) in [5.74, 6) is 1.27. The molecule has 2 heterocycles. The van der Waals surface area contributed by atoms with Gasteiger partial charge in [-0.05, 0) is 12.1 Å². The Morgan fingerprint density at radius 1 is 1.24 bits per heavy atom. The van der Waals surface area contributed by atoms with E-state index >= 15 is 0 Å². The van der Waals surface area contributed by atoms with Gasteiger partial charge in [0.2, 0.25) is 0 Å². The van der Waals surface area contributed by atoms with E-state index in [4.69, 9.17) is 20.8 Å². The predicted molar refractivity (Wildman–Crippen MR) is 83.5 cm³/mol. The standard InChI is InChI=1S/C15H18ClN3O2/c1-20-14-4-2-3-13(9-14)18-5-7-19(8-6-18)15-17-12(10-16)11-21-15/h2-4,9,11H,5-8,10H2,1H3. The second kappa shape index (κ2) is 6.26. The molecule has 5 nitrogen and oxygen atoms in total. The number of oxazole rings is 1. The molecule has 0 radical (unpaired) electrons. The van der Waals surface area contributed by atoms with Crippen LogP contribution in [0.1, 0.15) is 5.69 Å². The maximum absolute atomic E-state index is 5.75. The maximum atomic E-state index is 5.75. The molecule has 1 aliphatic rings. The van der Waals surface area contributed by atoms with Gasteiger partial charge < -0.3 is 19.0 Å². The largest absolute Gasteiger partial charge is 0.497 e. The van der Waals surface area contributed by atoms with Crippen LogP contribution in [0, 0.1) is 0 Å². The van der Waals surface area contributed by atoms with Crippen LogP contribution in [0.2, 0.25) is 0 Å². The van der Waals surface area contributed by atoms with Gasteiger partial charge in [-0.15, -0.1) is 11.6 Å². The highest BCUT2D eigenvalue weighted by Crippen LogP contribution is 2.23. The first-order chi connectivity index (χ1) is 10.3. The molecule has 6 heteroatoms. The Kier molecular flexibility index (Phi) is 4.20. The van der Waals surface area contributed by atoms with E-state index in [0.717, 1.165) is 37.6 Å². The van der Waals surface area contributed by atoms with Crippen molar-refractivity contribution in [2.45, 2.75) is 5.88 Å². The normalized spacial score (nSPS) is 15.3. The van der Waals surface area contributed by atoms with E-state index in [2.05, 4.69) is 26.9 Å². The first-order valence-electron chi connectivity index (χ1n) is 6.94. The van der Waals surface area contributed by atoms with E-state index < -0.39 is 0 Å². The van der Waals surface area contributed by atoms with Gasteiger partial charge in [0.15, 0.2) is 0 Å². The highest BCUT2D eigenvalue weighted by Gasteiger charge is 2.21. The summed E-state index contributed by atoms with van der Waals surface area (Å²) in [6.45, 7) is 3.59. The van der Waals surface area contributed by atoms with Gasteiger partial charge in [0.05, 0.1) is 18.7 Å². The quantitative estimate of drug-likeness (QED) is 0.813. The van der Waals surface area contributed by atoms with Gasteiger partial charge >= 0.3 is 0 Å². The van der Waals surface area contributed by atoms with Crippen LogP contribution in [0.25, 0.3) is 0 Å². The summed E-state index contributed by atoms with van der Waals surface area (Å²) in [7, 11) is 1.69. The molecule has 0 spiro atoms. The van der Waals surface area contributed by atoms with Crippen LogP contribution in [-0.2, 0) is 5.88 Å². The molecule has 0 atom stereocenters. The number of piperazine rings is 1. The topological polar surface area (TPSA) is 41.7 Å². The Morgan fingerprint density at radius 2 is 2.00 bits per heavy atom. The van der Waals surface area contributed by atoms with Crippen LogP contribution in [0.4, 0.5) is 11.7 Å². The number of hydrogen-bond donors (Lipinski definition) is 0. The molecule has 112 valence electrons. The van der Waals surface area contributed by atoms with Crippen LogP contribution >= 0.6 is 11.6 Å². The van der Waals surface area contributed by atoms with Gasteiger partial charge in [0.25, 0.3) is 6.01 Å². The van der Waals surface area contributed by atoms with E-state index in [-0.39, 0.29) is 0 Å². The van der Waals surface area contributed by atoms with Crippen molar-refractivity contribution in [2.75, 3.05) is 43.1 Å². The first-order valence-corrected chi connectivity index (χ1v) is 7.48. The predicted octanol–water partition coefficient (Wildman–Crippen LogP) is 2.75. The number of methoxy groups -OCH3 is 1. The van der Waals surface area contributed by atoms with Gasteiger partial charge in [0, 0.05) is 37.9 Å². The second-order valence-corrected chi connectivity index (χ2v) is 5.20. The molecule has 1 aromatic heterocycles. The number of rotatable bonds is 4. The molecule has 2 aromatic rings. The molecule has 0 unspecified atom stereocenters. The van der Waals surface area contributed by atoms with Crippen molar-refractivity contribution in [1.82, 2.24) is 4.98 Å². The van der Waals surface area contributed by atoms with Crippen LogP contribution in [0.15, 0.2) is 34.9 Å². The number of aromatic nitrogens is 1. The average Bonchev–Trinajstić information content (AvgIpc) is 3.04. The van der Waals surface area contributed by atoms with Crippen LogP contribution in [-0.4, -0.2) is 38.3 Å². The summed E-state index contributed by atoms with van der Waals surface area (Å²) in [5.41, 5.74) is 1.96. The highest BCUT2D eigenvalue weighted by molar-refractivity contribution is 6.16. The molecule has 0 N–H and O–H groups in total. The van der Waals surface area contributed by atoms with Crippen molar-refractivity contribution < 1.29 is 9.15 Å². The van der Waals surface area contributed by atoms with Gasteiger partial charge in [-0.3, -0.25) is 0 Å². The fourth-order valence-electron chi connectivity index (χ4n) is 2.47. The molecule has 0 bridgehead atoms. The Morgan fingerprint density at radius 3 is 2.67 bits per heavy atom. The number of benzene rings is 1. The van der Waals surface area contributed by atoms with Crippen molar-refractivity contribution in [3.8, 4) is 5.75 Å². The monoisotopic (exact) mass is 307 g/mol. The zero-order chi connectivity index (χ0) is 14.7. The average molecular weight is 308 g/mol. The van der Waals surface area contributed by atoms with Gasteiger partial charge in [-0.1, -0.05) is 6.07 Å². The number of ether oxygens (including phenoxy) is 1. The minimum Gasteiger partial charge on any atom is -0.497 e. The van der Waals surface area contributed by atoms with Crippen LogP contribution in [0.5, 0.6) is 5.75 Å². The zero-order valence-electron chi connectivity index (χ0n) is 12.0. The second-order valence-electron chi connectivity index (χ2n) is 4.93. The zero-order valence-corrected chi connectivity index (χ0v) is 12.7. The lowest BCUT2D eigenvalue weighted by Crippen LogP contribution is -2.46. The number of halogens is 1. The number of alkyl halides is 1. The summed E-state index contributed by atoms with van der Waals surface area (Å²) >= 11 is 5.75. The molecule has 0 amide bonds.